The highest BCUT2D eigenvalue weighted by Gasteiger charge is 2.25. The van der Waals surface area contributed by atoms with E-state index < -0.39 is 0 Å². The fourth-order valence-corrected chi connectivity index (χ4v) is 4.20. The Balaban J connectivity index is 1.45. The van der Waals surface area contributed by atoms with Gasteiger partial charge in [0.15, 0.2) is 0 Å². The number of carbonyl (C=O) groups excluding carboxylic acids is 1. The van der Waals surface area contributed by atoms with E-state index in [0.717, 1.165) is 57.4 Å². The summed E-state index contributed by atoms with van der Waals surface area (Å²) in [6, 6.07) is 12.4. The molecular formula is C19H23N3O2S. The molecular weight excluding hydrogens is 334 g/mol. The van der Waals surface area contributed by atoms with E-state index >= 15 is 0 Å². The predicted molar refractivity (Wildman–Crippen MR) is 102 cm³/mol. The second-order valence-corrected chi connectivity index (χ2v) is 7.29. The van der Waals surface area contributed by atoms with E-state index in [9.17, 15) is 4.79 Å². The number of piperazine rings is 1. The number of ether oxygens (including phenoxy) is 1. The van der Waals surface area contributed by atoms with Gasteiger partial charge in [-0.15, -0.1) is 11.3 Å². The lowest BCUT2D eigenvalue weighted by Crippen LogP contribution is -2.49. The first-order valence-corrected chi connectivity index (χ1v) is 9.70. The molecule has 0 unspecified atom stereocenters. The number of benzene rings is 1. The third-order valence-corrected chi connectivity index (χ3v) is 5.73. The normalized spacial score (nSPS) is 18.5. The van der Waals surface area contributed by atoms with Crippen molar-refractivity contribution < 1.29 is 9.53 Å². The van der Waals surface area contributed by atoms with Gasteiger partial charge in [-0.25, -0.2) is 0 Å². The monoisotopic (exact) mass is 357 g/mol. The third kappa shape index (κ3) is 3.50. The van der Waals surface area contributed by atoms with Crippen LogP contribution in [0.4, 0.5) is 11.4 Å². The van der Waals surface area contributed by atoms with E-state index in [2.05, 4.69) is 34.1 Å². The first-order valence-electron chi connectivity index (χ1n) is 8.82. The molecule has 0 N–H and O–H groups in total. The number of para-hydroxylation sites is 2. The molecule has 6 heteroatoms. The summed E-state index contributed by atoms with van der Waals surface area (Å²) >= 11 is 1.52. The smallest absolute Gasteiger partial charge is 0.264 e. The molecule has 2 aliphatic rings. The quantitative estimate of drug-likeness (QED) is 0.846. The van der Waals surface area contributed by atoms with Crippen molar-refractivity contribution in [2.45, 2.75) is 0 Å². The molecule has 0 spiro atoms. The molecule has 2 fully saturated rings. The maximum absolute atomic E-state index is 12.5. The second kappa shape index (κ2) is 7.45. The first kappa shape index (κ1) is 16.4. The van der Waals surface area contributed by atoms with Crippen LogP contribution in [0.1, 0.15) is 9.67 Å². The number of amides is 1. The van der Waals surface area contributed by atoms with Crippen molar-refractivity contribution in [2.24, 2.45) is 0 Å². The molecule has 1 aromatic heterocycles. The molecule has 5 nitrogen and oxygen atoms in total. The molecule has 3 heterocycles. The van der Waals surface area contributed by atoms with Gasteiger partial charge < -0.3 is 19.4 Å². The highest BCUT2D eigenvalue weighted by atomic mass is 32.1. The van der Waals surface area contributed by atoms with E-state index in [1.165, 1.54) is 22.7 Å². The van der Waals surface area contributed by atoms with E-state index in [-0.39, 0.29) is 5.91 Å². The van der Waals surface area contributed by atoms with Gasteiger partial charge in [-0.1, -0.05) is 18.2 Å². The van der Waals surface area contributed by atoms with Gasteiger partial charge in [0.25, 0.3) is 5.91 Å². The fraction of sp³-hybridized carbons (Fsp3) is 0.421. The van der Waals surface area contributed by atoms with Gasteiger partial charge in [-0.3, -0.25) is 4.79 Å². The fourth-order valence-electron chi connectivity index (χ4n) is 3.51. The molecule has 0 bridgehead atoms. The Labute approximate surface area is 152 Å². The Bertz CT molecular complexity index is 705. The average Bonchev–Trinajstić information content (AvgIpc) is 3.23. The van der Waals surface area contributed by atoms with Crippen LogP contribution in [0.15, 0.2) is 41.8 Å². The predicted octanol–water partition coefficient (Wildman–Crippen LogP) is 2.55. The topological polar surface area (TPSA) is 36.0 Å². The minimum Gasteiger partial charge on any atom is -0.378 e. The lowest BCUT2D eigenvalue weighted by Gasteiger charge is -2.39. The highest BCUT2D eigenvalue weighted by molar-refractivity contribution is 7.12. The van der Waals surface area contributed by atoms with Crippen LogP contribution < -0.4 is 9.80 Å². The zero-order valence-electron chi connectivity index (χ0n) is 14.3. The Morgan fingerprint density at radius 2 is 1.48 bits per heavy atom. The van der Waals surface area contributed by atoms with Crippen LogP contribution in [-0.2, 0) is 4.74 Å². The Kier molecular flexibility index (Phi) is 4.90. The van der Waals surface area contributed by atoms with Gasteiger partial charge in [0, 0.05) is 39.3 Å². The molecule has 0 radical (unpaired) electrons. The average molecular weight is 357 g/mol. The molecule has 0 aliphatic carbocycles. The van der Waals surface area contributed by atoms with Crippen molar-refractivity contribution in [2.75, 3.05) is 62.3 Å². The number of hydrogen-bond acceptors (Lipinski definition) is 5. The molecule has 0 saturated carbocycles. The maximum atomic E-state index is 12.5. The van der Waals surface area contributed by atoms with Crippen LogP contribution in [0.3, 0.4) is 0 Å². The zero-order chi connectivity index (χ0) is 17.1. The summed E-state index contributed by atoms with van der Waals surface area (Å²) in [4.78, 5) is 20.1. The van der Waals surface area contributed by atoms with Crippen molar-refractivity contribution >= 4 is 28.6 Å². The first-order chi connectivity index (χ1) is 12.3. The summed E-state index contributed by atoms with van der Waals surface area (Å²) in [5.41, 5.74) is 2.55. The minimum absolute atomic E-state index is 0.163. The summed E-state index contributed by atoms with van der Waals surface area (Å²) in [5.74, 6) is 0.163. The number of nitrogens with zero attached hydrogens (tertiary/aromatic N) is 3. The van der Waals surface area contributed by atoms with E-state index in [1.54, 1.807) is 0 Å². The summed E-state index contributed by atoms with van der Waals surface area (Å²) in [5, 5.41) is 1.96. The molecule has 2 aromatic rings. The van der Waals surface area contributed by atoms with Gasteiger partial charge in [0.1, 0.15) is 0 Å². The molecule has 0 atom stereocenters. The summed E-state index contributed by atoms with van der Waals surface area (Å²) < 4.78 is 5.48. The van der Waals surface area contributed by atoms with E-state index in [0.29, 0.717) is 0 Å². The minimum atomic E-state index is 0.163. The standard InChI is InChI=1S/C19H23N3O2S/c23-19(18-6-3-15-25-18)22-9-7-20(8-10-22)16-4-1-2-5-17(16)21-11-13-24-14-12-21/h1-6,15H,7-14H2. The van der Waals surface area contributed by atoms with Gasteiger partial charge in [0.2, 0.25) is 0 Å². The molecule has 2 aliphatic heterocycles. The largest absolute Gasteiger partial charge is 0.378 e. The van der Waals surface area contributed by atoms with Crippen LogP contribution in [0.5, 0.6) is 0 Å². The van der Waals surface area contributed by atoms with Crippen LogP contribution in [0.25, 0.3) is 0 Å². The Morgan fingerprint density at radius 3 is 2.08 bits per heavy atom. The van der Waals surface area contributed by atoms with Crippen molar-refractivity contribution in [3.05, 3.63) is 46.7 Å². The Morgan fingerprint density at radius 1 is 0.840 bits per heavy atom. The summed E-state index contributed by atoms with van der Waals surface area (Å²) in [6.45, 7) is 6.75. The molecule has 2 saturated heterocycles. The maximum Gasteiger partial charge on any atom is 0.264 e. The van der Waals surface area contributed by atoms with Gasteiger partial charge in [-0.2, -0.15) is 0 Å². The molecule has 25 heavy (non-hydrogen) atoms. The van der Waals surface area contributed by atoms with Gasteiger partial charge >= 0.3 is 0 Å². The van der Waals surface area contributed by atoms with Crippen LogP contribution >= 0.6 is 11.3 Å². The molecule has 1 amide bonds. The summed E-state index contributed by atoms with van der Waals surface area (Å²) in [7, 11) is 0. The van der Waals surface area contributed by atoms with Crippen molar-refractivity contribution in [3.8, 4) is 0 Å². The molecule has 132 valence electrons. The zero-order valence-corrected chi connectivity index (χ0v) is 15.1. The van der Waals surface area contributed by atoms with Crippen molar-refractivity contribution in [3.63, 3.8) is 0 Å². The SMILES string of the molecule is O=C(c1cccs1)N1CCN(c2ccccc2N2CCOCC2)CC1. The number of morpholine rings is 1. The third-order valence-electron chi connectivity index (χ3n) is 4.87. The number of thiophene rings is 1. The number of hydrogen-bond donors (Lipinski definition) is 0. The number of carbonyl (C=O) groups is 1. The van der Waals surface area contributed by atoms with E-state index in [4.69, 9.17) is 4.74 Å². The lowest BCUT2D eigenvalue weighted by atomic mass is 10.2. The van der Waals surface area contributed by atoms with Crippen LogP contribution in [-0.4, -0.2) is 63.3 Å². The van der Waals surface area contributed by atoms with Crippen LogP contribution in [0, 0.1) is 0 Å². The van der Waals surface area contributed by atoms with Crippen molar-refractivity contribution in [1.29, 1.82) is 0 Å². The Hall–Kier alpha value is -2.05. The van der Waals surface area contributed by atoms with Gasteiger partial charge in [0.05, 0.1) is 29.5 Å². The molecule has 4 rings (SSSR count). The highest BCUT2D eigenvalue weighted by Crippen LogP contribution is 2.30. The van der Waals surface area contributed by atoms with E-state index in [1.807, 2.05) is 22.4 Å². The second-order valence-electron chi connectivity index (χ2n) is 6.34. The summed E-state index contributed by atoms with van der Waals surface area (Å²) in [6.07, 6.45) is 0. The lowest BCUT2D eigenvalue weighted by molar-refractivity contribution is 0.0751. The number of rotatable bonds is 3. The number of anilines is 2. The van der Waals surface area contributed by atoms with Crippen LogP contribution in [0.2, 0.25) is 0 Å². The van der Waals surface area contributed by atoms with Gasteiger partial charge in [-0.05, 0) is 23.6 Å². The molecule has 1 aromatic carbocycles. The van der Waals surface area contributed by atoms with Crippen molar-refractivity contribution in [1.82, 2.24) is 4.90 Å².